The molecule has 3 unspecified atom stereocenters. The Morgan fingerprint density at radius 3 is 2.45 bits per heavy atom. The van der Waals surface area contributed by atoms with E-state index in [-0.39, 0.29) is 36.2 Å². The molecule has 3 aliphatic heterocycles. The summed E-state index contributed by atoms with van der Waals surface area (Å²) in [5.41, 5.74) is 1.70. The fourth-order valence-electron chi connectivity index (χ4n) is 6.97. The van der Waals surface area contributed by atoms with Crippen molar-refractivity contribution >= 4 is 29.5 Å². The third-order valence-electron chi connectivity index (χ3n) is 8.60. The van der Waals surface area contributed by atoms with Gasteiger partial charge in [0.15, 0.2) is 0 Å². The largest absolute Gasteiger partial charge is 0.461 e. The van der Waals surface area contributed by atoms with Gasteiger partial charge in [-0.1, -0.05) is 86.3 Å². The summed E-state index contributed by atoms with van der Waals surface area (Å²) in [7, 11) is 0. The van der Waals surface area contributed by atoms with E-state index in [0.717, 1.165) is 11.1 Å². The van der Waals surface area contributed by atoms with Gasteiger partial charge >= 0.3 is 5.97 Å². The number of carbonyl (C=O) groups is 3. The number of likely N-dealkylation sites (tertiary alicyclic amines) is 1. The summed E-state index contributed by atoms with van der Waals surface area (Å²) in [5.74, 6) is -2.29. The number of fused-ring (bicyclic) bond motifs is 1. The molecule has 2 amide bonds. The summed E-state index contributed by atoms with van der Waals surface area (Å²) in [6, 6.07) is 17.4. The van der Waals surface area contributed by atoms with Gasteiger partial charge in [-0.15, -0.1) is 18.3 Å². The zero-order valence-corrected chi connectivity index (χ0v) is 23.5. The van der Waals surface area contributed by atoms with E-state index in [4.69, 9.17) is 4.74 Å². The molecule has 40 heavy (non-hydrogen) atoms. The molecule has 0 saturated carbocycles. The summed E-state index contributed by atoms with van der Waals surface area (Å²) in [4.78, 5) is 45.9. The van der Waals surface area contributed by atoms with Crippen molar-refractivity contribution in [2.24, 2.45) is 17.8 Å². The van der Waals surface area contributed by atoms with E-state index in [2.05, 4.69) is 20.1 Å². The molecule has 0 aliphatic carbocycles. The summed E-state index contributed by atoms with van der Waals surface area (Å²) in [5, 5.41) is 10.6. The van der Waals surface area contributed by atoms with Crippen LogP contribution in [0.25, 0.3) is 0 Å². The molecular formula is C32H36N2O5S. The minimum atomic E-state index is -0.867. The van der Waals surface area contributed by atoms with Gasteiger partial charge in [0.2, 0.25) is 11.8 Å². The molecule has 3 heterocycles. The highest BCUT2D eigenvalue weighted by Crippen LogP contribution is 2.69. The van der Waals surface area contributed by atoms with Gasteiger partial charge in [-0.2, -0.15) is 0 Å². The van der Waals surface area contributed by atoms with Gasteiger partial charge in [0, 0.05) is 18.3 Å². The maximum atomic E-state index is 14.7. The van der Waals surface area contributed by atoms with Crippen LogP contribution in [0.5, 0.6) is 0 Å². The number of benzene rings is 2. The SMILES string of the molecule is C=CCOC(=O)[C@@H]1[C@@H]2CC(C)C3(S2)C(C(=O)N(CC=C)Cc2ccccc2)N([C@H](CO)c2ccccc2)C(=O)[C@H]13. The Bertz CT molecular complexity index is 1270. The Balaban J connectivity index is 1.62. The van der Waals surface area contributed by atoms with Crippen LogP contribution in [0, 0.1) is 17.8 Å². The van der Waals surface area contributed by atoms with Crippen molar-refractivity contribution in [1.29, 1.82) is 0 Å². The highest BCUT2D eigenvalue weighted by Gasteiger charge is 2.77. The third-order valence-corrected chi connectivity index (χ3v) is 10.7. The van der Waals surface area contributed by atoms with Crippen LogP contribution in [-0.4, -0.2) is 68.5 Å². The van der Waals surface area contributed by atoms with E-state index < -0.39 is 34.6 Å². The zero-order chi connectivity index (χ0) is 28.4. The Kier molecular flexibility index (Phi) is 8.19. The summed E-state index contributed by atoms with van der Waals surface area (Å²) in [6.45, 7) is 9.98. The summed E-state index contributed by atoms with van der Waals surface area (Å²) in [6.07, 6.45) is 3.91. The fraction of sp³-hybridized carbons (Fsp3) is 0.406. The maximum Gasteiger partial charge on any atom is 0.311 e. The predicted molar refractivity (Wildman–Crippen MR) is 155 cm³/mol. The Morgan fingerprint density at radius 1 is 1.15 bits per heavy atom. The second-order valence-electron chi connectivity index (χ2n) is 10.8. The number of rotatable bonds is 11. The van der Waals surface area contributed by atoms with Crippen molar-refractivity contribution in [1.82, 2.24) is 9.80 Å². The molecule has 0 aromatic heterocycles. The van der Waals surface area contributed by atoms with Crippen LogP contribution in [0.3, 0.4) is 0 Å². The lowest BCUT2D eigenvalue weighted by Crippen LogP contribution is -2.57. The van der Waals surface area contributed by atoms with Gasteiger partial charge in [0.1, 0.15) is 12.6 Å². The molecule has 0 radical (unpaired) electrons. The van der Waals surface area contributed by atoms with Crippen LogP contribution in [0.2, 0.25) is 0 Å². The third kappa shape index (κ3) is 4.57. The predicted octanol–water partition coefficient (Wildman–Crippen LogP) is 4.00. The number of amides is 2. The fourth-order valence-corrected chi connectivity index (χ4v) is 9.36. The molecule has 7 atom stereocenters. The molecule has 7 nitrogen and oxygen atoms in total. The van der Waals surface area contributed by atoms with E-state index >= 15 is 0 Å². The zero-order valence-electron chi connectivity index (χ0n) is 22.7. The minimum Gasteiger partial charge on any atom is -0.461 e. The lowest BCUT2D eigenvalue weighted by atomic mass is 9.66. The van der Waals surface area contributed by atoms with Crippen molar-refractivity contribution in [3.63, 3.8) is 0 Å². The molecule has 2 aromatic rings. The number of esters is 1. The highest BCUT2D eigenvalue weighted by molar-refractivity contribution is 8.02. The van der Waals surface area contributed by atoms with E-state index in [9.17, 15) is 19.5 Å². The number of hydrogen-bond acceptors (Lipinski definition) is 6. The van der Waals surface area contributed by atoms with Crippen molar-refractivity contribution in [3.05, 3.63) is 97.1 Å². The molecule has 1 N–H and O–H groups in total. The van der Waals surface area contributed by atoms with Crippen LogP contribution in [0.1, 0.15) is 30.5 Å². The van der Waals surface area contributed by atoms with E-state index in [1.807, 2.05) is 60.7 Å². The van der Waals surface area contributed by atoms with Gasteiger partial charge in [0.25, 0.3) is 0 Å². The molecule has 3 aliphatic rings. The smallest absolute Gasteiger partial charge is 0.311 e. The number of carbonyl (C=O) groups excluding carboxylic acids is 3. The number of ether oxygens (including phenoxy) is 1. The van der Waals surface area contributed by atoms with Crippen molar-refractivity contribution in [2.75, 3.05) is 19.8 Å². The lowest BCUT2D eigenvalue weighted by Gasteiger charge is -2.42. The number of nitrogens with zero attached hydrogens (tertiary/aromatic N) is 2. The number of thioether (sulfide) groups is 1. The van der Waals surface area contributed by atoms with Crippen molar-refractivity contribution in [3.8, 4) is 0 Å². The van der Waals surface area contributed by atoms with Gasteiger partial charge in [0.05, 0.1) is 29.2 Å². The van der Waals surface area contributed by atoms with Gasteiger partial charge in [-0.25, -0.2) is 0 Å². The van der Waals surface area contributed by atoms with Gasteiger partial charge < -0.3 is 19.6 Å². The summed E-state index contributed by atoms with van der Waals surface area (Å²) < 4.78 is 4.66. The first-order chi connectivity index (χ1) is 19.4. The molecule has 2 bridgehead atoms. The van der Waals surface area contributed by atoms with E-state index in [0.29, 0.717) is 19.5 Å². The molecule has 1 spiro atoms. The van der Waals surface area contributed by atoms with Crippen LogP contribution in [0.15, 0.2) is 86.0 Å². The first-order valence-corrected chi connectivity index (χ1v) is 14.6. The van der Waals surface area contributed by atoms with Gasteiger partial charge in [-0.3, -0.25) is 14.4 Å². The average Bonchev–Trinajstić information content (AvgIpc) is 3.56. The van der Waals surface area contributed by atoms with Crippen LogP contribution >= 0.6 is 11.8 Å². The average molecular weight is 561 g/mol. The quantitative estimate of drug-likeness (QED) is 0.330. The first-order valence-electron chi connectivity index (χ1n) is 13.8. The van der Waals surface area contributed by atoms with Crippen LogP contribution in [-0.2, 0) is 25.7 Å². The molecule has 2 aromatic carbocycles. The Labute approximate surface area is 239 Å². The molecule has 8 heteroatoms. The minimum absolute atomic E-state index is 0.00345. The normalized spacial score (nSPS) is 29.1. The number of aliphatic hydroxyl groups is 1. The number of hydrogen-bond donors (Lipinski definition) is 1. The van der Waals surface area contributed by atoms with Gasteiger partial charge in [-0.05, 0) is 23.5 Å². The number of aliphatic hydroxyl groups excluding tert-OH is 1. The Hall–Kier alpha value is -3.36. The van der Waals surface area contributed by atoms with Crippen LogP contribution in [0.4, 0.5) is 0 Å². The first kappa shape index (κ1) is 28.2. The molecule has 5 rings (SSSR count). The second-order valence-corrected chi connectivity index (χ2v) is 12.4. The molecule has 210 valence electrons. The second kappa shape index (κ2) is 11.6. The van der Waals surface area contributed by atoms with E-state index in [1.165, 1.54) is 6.08 Å². The molecular weight excluding hydrogens is 524 g/mol. The highest BCUT2D eigenvalue weighted by atomic mass is 32.2. The Morgan fingerprint density at radius 2 is 1.82 bits per heavy atom. The van der Waals surface area contributed by atoms with Crippen molar-refractivity contribution < 1.29 is 24.2 Å². The molecule has 3 saturated heterocycles. The van der Waals surface area contributed by atoms with Crippen molar-refractivity contribution in [2.45, 2.75) is 42.0 Å². The lowest BCUT2D eigenvalue weighted by molar-refractivity contribution is -0.154. The molecule has 3 fully saturated rings. The topological polar surface area (TPSA) is 87.2 Å². The van der Waals surface area contributed by atoms with Crippen LogP contribution < -0.4 is 0 Å². The monoisotopic (exact) mass is 560 g/mol. The van der Waals surface area contributed by atoms with E-state index in [1.54, 1.807) is 27.6 Å². The maximum absolute atomic E-state index is 14.7. The summed E-state index contributed by atoms with van der Waals surface area (Å²) >= 11 is 1.59. The standard InChI is InChI=1S/C32H36N2O5S/c1-4-16-33(19-22-12-8-6-9-13-22)30(37)28-32-21(3)18-25(40-32)26(31(38)39-17-5-2)27(32)29(36)34(28)24(20-35)23-14-10-7-11-15-23/h4-15,21,24-28,35H,1-2,16-20H2,3H3/t21?,24-,25+,26-,27+,28?,32?/m1/s1.